The van der Waals surface area contributed by atoms with Crippen LogP contribution in [0, 0.1) is 23.2 Å². The number of hydrogen-bond acceptors (Lipinski definition) is 3. The fourth-order valence-electron chi connectivity index (χ4n) is 7.41. The van der Waals surface area contributed by atoms with Crippen molar-refractivity contribution in [1.82, 2.24) is 0 Å². The molecule has 0 heterocycles. The van der Waals surface area contributed by atoms with E-state index >= 15 is 0 Å². The summed E-state index contributed by atoms with van der Waals surface area (Å²) in [6.07, 6.45) is 8.86. The maximum Gasteiger partial charge on any atom is 0.115 e. The van der Waals surface area contributed by atoms with Crippen molar-refractivity contribution in [2.45, 2.75) is 76.9 Å². The van der Waals surface area contributed by atoms with Crippen molar-refractivity contribution in [1.29, 1.82) is 0 Å². The Kier molecular flexibility index (Phi) is 6.31. The molecule has 2 aromatic rings. The number of rotatable bonds is 7. The van der Waals surface area contributed by atoms with Gasteiger partial charge in [0, 0.05) is 6.61 Å². The van der Waals surface area contributed by atoms with E-state index in [-0.39, 0.29) is 11.5 Å². The van der Waals surface area contributed by atoms with E-state index < -0.39 is 0 Å². The van der Waals surface area contributed by atoms with Gasteiger partial charge in [-0.05, 0) is 103 Å². The summed E-state index contributed by atoms with van der Waals surface area (Å²) in [5.41, 5.74) is 4.16. The molecule has 2 fully saturated rings. The zero-order chi connectivity index (χ0) is 22.1. The maximum atomic E-state index is 10.8. The number of phenolic OH excluding ortho intramolecular Hbond substituents is 1. The molecule has 0 amide bonds. The Morgan fingerprint density at radius 3 is 2.72 bits per heavy atom. The Morgan fingerprint density at radius 2 is 1.88 bits per heavy atom. The number of fused-ring (bicyclic) bond motifs is 5. The number of aliphatic hydroxyl groups excluding tert-OH is 1. The van der Waals surface area contributed by atoms with Crippen LogP contribution in [0.2, 0.25) is 0 Å². The molecule has 0 aromatic heterocycles. The zero-order valence-corrected chi connectivity index (χ0v) is 19.4. The average Bonchev–Trinajstić information content (AvgIpc) is 3.10. The summed E-state index contributed by atoms with van der Waals surface area (Å²) >= 11 is 0. The predicted molar refractivity (Wildman–Crippen MR) is 128 cm³/mol. The fourth-order valence-corrected chi connectivity index (χ4v) is 7.41. The number of unbranched alkanes of at least 4 members (excludes halogenated alkanes) is 1. The molecule has 3 nitrogen and oxygen atoms in total. The highest BCUT2D eigenvalue weighted by Crippen LogP contribution is 2.62. The highest BCUT2D eigenvalue weighted by Gasteiger charge is 2.56. The van der Waals surface area contributed by atoms with E-state index in [4.69, 9.17) is 4.74 Å². The van der Waals surface area contributed by atoms with Gasteiger partial charge in [0.2, 0.25) is 0 Å². The second-order valence-corrected chi connectivity index (χ2v) is 10.8. The molecule has 3 heteroatoms. The molecule has 0 spiro atoms. The number of aliphatic hydroxyl groups is 1. The Labute approximate surface area is 192 Å². The van der Waals surface area contributed by atoms with E-state index in [9.17, 15) is 10.2 Å². The molecule has 2 saturated carbocycles. The van der Waals surface area contributed by atoms with Gasteiger partial charge < -0.3 is 14.9 Å². The van der Waals surface area contributed by atoms with Gasteiger partial charge in [-0.25, -0.2) is 0 Å². The number of aromatic hydroxyl groups is 1. The van der Waals surface area contributed by atoms with E-state index in [1.165, 1.54) is 42.4 Å². The van der Waals surface area contributed by atoms with E-state index in [0.29, 0.717) is 36.0 Å². The molecule has 6 atom stereocenters. The molecule has 5 rings (SSSR count). The molecule has 0 bridgehead atoms. The maximum absolute atomic E-state index is 10.8. The van der Waals surface area contributed by atoms with Crippen LogP contribution in [0.5, 0.6) is 5.75 Å². The molecule has 6 unspecified atom stereocenters. The van der Waals surface area contributed by atoms with Crippen molar-refractivity contribution >= 4 is 0 Å². The second kappa shape index (κ2) is 9.19. The summed E-state index contributed by atoms with van der Waals surface area (Å²) in [5, 5.41) is 20.9. The molecule has 0 radical (unpaired) electrons. The summed E-state index contributed by atoms with van der Waals surface area (Å²) in [7, 11) is 0. The Balaban J connectivity index is 1.25. The van der Waals surface area contributed by atoms with E-state index in [0.717, 1.165) is 32.3 Å². The lowest BCUT2D eigenvalue weighted by molar-refractivity contribution is -0.0398. The highest BCUT2D eigenvalue weighted by molar-refractivity contribution is 5.40. The first-order valence-electron chi connectivity index (χ1n) is 12.7. The third kappa shape index (κ3) is 4.10. The third-order valence-electron chi connectivity index (χ3n) is 9.06. The van der Waals surface area contributed by atoms with Gasteiger partial charge in [-0.2, -0.15) is 0 Å². The van der Waals surface area contributed by atoms with Crippen molar-refractivity contribution in [3.63, 3.8) is 0 Å². The standard InChI is InChI=1S/C29H38O3/c1-29-15-14-25-24-11-10-23(30)18-22(24)17-21(28(25)26(29)12-13-27(29)31)9-5-6-16-32-19-20-7-3-2-4-8-20/h2-4,7-8,10-11,18,21,25-28,30-31H,5-6,9,12-17,19H2,1H3. The minimum absolute atomic E-state index is 0.0899. The molecule has 2 aromatic carbocycles. The molecule has 3 aliphatic rings. The number of ether oxygens (including phenoxy) is 1. The smallest absolute Gasteiger partial charge is 0.115 e. The number of phenols is 1. The monoisotopic (exact) mass is 434 g/mol. The Morgan fingerprint density at radius 1 is 1.03 bits per heavy atom. The minimum atomic E-state index is -0.137. The van der Waals surface area contributed by atoms with Crippen LogP contribution in [0.3, 0.4) is 0 Å². The van der Waals surface area contributed by atoms with Gasteiger partial charge in [0.05, 0.1) is 12.7 Å². The lowest BCUT2D eigenvalue weighted by Crippen LogP contribution is -2.47. The average molecular weight is 435 g/mol. The molecule has 172 valence electrons. The molecule has 0 aliphatic heterocycles. The van der Waals surface area contributed by atoms with Crippen LogP contribution in [0.15, 0.2) is 48.5 Å². The minimum Gasteiger partial charge on any atom is -0.508 e. The normalized spacial score (nSPS) is 33.4. The third-order valence-corrected chi connectivity index (χ3v) is 9.06. The van der Waals surface area contributed by atoms with Gasteiger partial charge in [-0.15, -0.1) is 0 Å². The number of benzene rings is 2. The van der Waals surface area contributed by atoms with Gasteiger partial charge in [0.25, 0.3) is 0 Å². The lowest BCUT2D eigenvalue weighted by Gasteiger charge is -2.53. The van der Waals surface area contributed by atoms with Crippen LogP contribution in [0.1, 0.15) is 74.5 Å². The van der Waals surface area contributed by atoms with Crippen molar-refractivity contribution in [2.24, 2.45) is 23.2 Å². The number of hydrogen-bond donors (Lipinski definition) is 2. The van der Waals surface area contributed by atoms with Gasteiger partial charge in [0.15, 0.2) is 0 Å². The van der Waals surface area contributed by atoms with Gasteiger partial charge in [-0.1, -0.05) is 49.7 Å². The molecule has 2 N–H and O–H groups in total. The van der Waals surface area contributed by atoms with Crippen molar-refractivity contribution in [3.05, 3.63) is 65.2 Å². The summed E-state index contributed by atoms with van der Waals surface area (Å²) in [6.45, 7) is 3.86. The first kappa shape index (κ1) is 22.0. The van der Waals surface area contributed by atoms with E-state index in [1.54, 1.807) is 0 Å². The topological polar surface area (TPSA) is 49.7 Å². The van der Waals surface area contributed by atoms with Crippen LogP contribution in [0.4, 0.5) is 0 Å². The van der Waals surface area contributed by atoms with E-state index in [2.05, 4.69) is 37.3 Å². The fraction of sp³-hybridized carbons (Fsp3) is 0.586. The van der Waals surface area contributed by atoms with Crippen molar-refractivity contribution in [3.8, 4) is 5.75 Å². The SMILES string of the molecule is CC12CCC3c4ccc(O)cc4CC(CCCCOCc4ccccc4)C3C1CCC2O. The van der Waals surface area contributed by atoms with Crippen LogP contribution < -0.4 is 0 Å². The first-order chi connectivity index (χ1) is 15.6. The van der Waals surface area contributed by atoms with Crippen molar-refractivity contribution in [2.75, 3.05) is 6.61 Å². The quantitative estimate of drug-likeness (QED) is 0.509. The predicted octanol–water partition coefficient (Wildman–Crippen LogP) is 6.22. The van der Waals surface area contributed by atoms with Crippen LogP contribution in [-0.4, -0.2) is 22.9 Å². The molecular weight excluding hydrogens is 396 g/mol. The molecule has 3 aliphatic carbocycles. The second-order valence-electron chi connectivity index (χ2n) is 10.8. The molecule has 32 heavy (non-hydrogen) atoms. The highest BCUT2D eigenvalue weighted by atomic mass is 16.5. The lowest BCUT2D eigenvalue weighted by atomic mass is 9.52. The first-order valence-corrected chi connectivity index (χ1v) is 12.7. The molecular formula is C29H38O3. The Hall–Kier alpha value is -1.84. The van der Waals surface area contributed by atoms with Crippen molar-refractivity contribution < 1.29 is 14.9 Å². The summed E-state index contributed by atoms with van der Waals surface area (Å²) in [5.74, 6) is 2.90. The van der Waals surface area contributed by atoms with Gasteiger partial charge in [0.1, 0.15) is 5.75 Å². The largest absolute Gasteiger partial charge is 0.508 e. The van der Waals surface area contributed by atoms with Gasteiger partial charge >= 0.3 is 0 Å². The summed E-state index contributed by atoms with van der Waals surface area (Å²) in [4.78, 5) is 0. The van der Waals surface area contributed by atoms with Crippen LogP contribution in [0.25, 0.3) is 0 Å². The zero-order valence-electron chi connectivity index (χ0n) is 19.4. The van der Waals surface area contributed by atoms with Crippen LogP contribution >= 0.6 is 0 Å². The summed E-state index contributed by atoms with van der Waals surface area (Å²) in [6, 6.07) is 16.5. The molecule has 0 saturated heterocycles. The van der Waals surface area contributed by atoms with Crippen LogP contribution in [-0.2, 0) is 17.8 Å². The summed E-state index contributed by atoms with van der Waals surface area (Å²) < 4.78 is 5.92. The van der Waals surface area contributed by atoms with E-state index in [1.807, 2.05) is 18.2 Å². The Bertz CT molecular complexity index is 910. The van der Waals surface area contributed by atoms with Gasteiger partial charge in [-0.3, -0.25) is 0 Å².